The average Bonchev–Trinajstić information content (AvgIpc) is 3.06. The van der Waals surface area contributed by atoms with Gasteiger partial charge in [0, 0.05) is 41.5 Å². The number of rotatable bonds is 7. The minimum absolute atomic E-state index is 0.268. The summed E-state index contributed by atoms with van der Waals surface area (Å²) in [5.41, 5.74) is 5.13. The molecule has 0 fully saturated rings. The molecule has 8 heteroatoms. The number of hydrogen-bond donors (Lipinski definition) is 1. The fourth-order valence-corrected chi connectivity index (χ4v) is 5.72. The van der Waals surface area contributed by atoms with Crippen LogP contribution in [0, 0.1) is 11.8 Å². The predicted octanol–water partition coefficient (Wildman–Crippen LogP) is 4.82. The molecule has 7 nitrogen and oxygen atoms in total. The topological polar surface area (TPSA) is 96.8 Å². The minimum atomic E-state index is -4.00. The molecule has 0 bridgehead atoms. The highest BCUT2D eigenvalue weighted by Gasteiger charge is 2.43. The molecule has 0 amide bonds. The lowest BCUT2D eigenvalue weighted by atomic mass is 9.81. The Morgan fingerprint density at radius 3 is 2.76 bits per heavy atom. The first-order valence-electron chi connectivity index (χ1n) is 12.7. The van der Waals surface area contributed by atoms with Crippen LogP contribution >= 0.6 is 0 Å². The van der Waals surface area contributed by atoms with Gasteiger partial charge in [-0.25, -0.2) is 4.79 Å². The zero-order chi connectivity index (χ0) is 26.9. The fourth-order valence-electron chi connectivity index (χ4n) is 5.15. The number of para-hydroxylation sites is 1. The fraction of sp³-hybridized carbons (Fsp3) is 0.333. The average molecular weight is 533 g/mol. The first-order valence-corrected chi connectivity index (χ1v) is 14.3. The number of hydrogen-bond acceptors (Lipinski definition) is 5. The van der Waals surface area contributed by atoms with E-state index in [-0.39, 0.29) is 11.2 Å². The largest absolute Gasteiger partial charge is 0.422 e. The normalized spacial score (nSPS) is 16.6. The minimum Gasteiger partial charge on any atom is -0.422 e. The Morgan fingerprint density at radius 1 is 1.13 bits per heavy atom. The summed E-state index contributed by atoms with van der Waals surface area (Å²) in [7, 11) is -4.00. The van der Waals surface area contributed by atoms with E-state index < -0.39 is 15.7 Å². The number of unbranched alkanes of at least 4 members (excludes halogenated alkanes) is 1. The molecule has 38 heavy (non-hydrogen) atoms. The Bertz CT molecular complexity index is 1700. The third-order valence-electron chi connectivity index (χ3n) is 7.09. The summed E-state index contributed by atoms with van der Waals surface area (Å²) in [5.74, 6) is 5.95. The number of fused-ring (bicyclic) bond motifs is 3. The van der Waals surface area contributed by atoms with Gasteiger partial charge >= 0.3 is 5.63 Å². The van der Waals surface area contributed by atoms with Gasteiger partial charge in [0.05, 0.1) is 29.9 Å². The second-order valence-electron chi connectivity index (χ2n) is 10.1. The molecule has 0 saturated heterocycles. The summed E-state index contributed by atoms with van der Waals surface area (Å²) in [4.78, 5) is 12.9. The molecular weight excluding hydrogens is 502 g/mol. The molecule has 1 aromatic heterocycles. The number of allylic oxidation sites excluding steroid dienone is 1. The van der Waals surface area contributed by atoms with E-state index in [9.17, 15) is 13.2 Å². The van der Waals surface area contributed by atoms with Crippen LogP contribution < -0.4 is 5.63 Å². The van der Waals surface area contributed by atoms with Crippen molar-refractivity contribution in [3.63, 3.8) is 0 Å². The van der Waals surface area contributed by atoms with Gasteiger partial charge < -0.3 is 9.15 Å². The maximum atomic E-state index is 12.9. The van der Waals surface area contributed by atoms with E-state index in [1.165, 1.54) is 0 Å². The van der Waals surface area contributed by atoms with E-state index in [4.69, 9.17) is 13.7 Å². The SMILES string of the molecule is CC1(C)C(C=Cc2cc3cc4c(cc3oc2=O)C#CCCOC4)=[N+](CCCCS(=O)(=O)O)c2ccccc21. The maximum absolute atomic E-state index is 12.9. The molecule has 196 valence electrons. The lowest BCUT2D eigenvalue weighted by molar-refractivity contribution is -0.438. The molecule has 2 aromatic carbocycles. The second-order valence-corrected chi connectivity index (χ2v) is 11.7. The van der Waals surface area contributed by atoms with Crippen LogP contribution in [0.25, 0.3) is 17.0 Å². The summed E-state index contributed by atoms with van der Waals surface area (Å²) in [6, 6.07) is 13.7. The van der Waals surface area contributed by atoms with Gasteiger partial charge in [0.15, 0.2) is 5.71 Å². The molecule has 0 saturated carbocycles. The molecule has 0 unspecified atom stereocenters. The predicted molar refractivity (Wildman–Crippen MR) is 148 cm³/mol. The monoisotopic (exact) mass is 532 g/mol. The van der Waals surface area contributed by atoms with E-state index in [0.29, 0.717) is 50.2 Å². The zero-order valence-electron chi connectivity index (χ0n) is 21.5. The lowest BCUT2D eigenvalue weighted by Gasteiger charge is -2.15. The van der Waals surface area contributed by atoms with Gasteiger partial charge in [0.25, 0.3) is 10.1 Å². The van der Waals surface area contributed by atoms with E-state index >= 15 is 0 Å². The van der Waals surface area contributed by atoms with Crippen molar-refractivity contribution >= 4 is 38.6 Å². The highest BCUT2D eigenvalue weighted by molar-refractivity contribution is 7.85. The summed E-state index contributed by atoms with van der Waals surface area (Å²) in [6.07, 6.45) is 5.33. The van der Waals surface area contributed by atoms with Gasteiger partial charge in [-0.1, -0.05) is 30.0 Å². The third kappa shape index (κ3) is 5.37. The van der Waals surface area contributed by atoms with Crippen LogP contribution in [-0.4, -0.2) is 42.2 Å². The molecule has 2 aliphatic rings. The smallest absolute Gasteiger partial charge is 0.343 e. The molecule has 2 aliphatic heterocycles. The van der Waals surface area contributed by atoms with E-state index in [2.05, 4.69) is 36.3 Å². The van der Waals surface area contributed by atoms with Crippen LogP contribution in [-0.2, 0) is 26.9 Å². The Labute approximate surface area is 222 Å². The molecule has 1 N–H and O–H groups in total. The van der Waals surface area contributed by atoms with Gasteiger partial charge in [0.2, 0.25) is 5.69 Å². The van der Waals surface area contributed by atoms with Gasteiger partial charge in [-0.15, -0.1) is 0 Å². The van der Waals surface area contributed by atoms with Gasteiger partial charge in [-0.2, -0.15) is 13.0 Å². The van der Waals surface area contributed by atoms with E-state index in [1.54, 1.807) is 12.1 Å². The summed E-state index contributed by atoms with van der Waals surface area (Å²) in [6.45, 7) is 5.89. The van der Waals surface area contributed by atoms with Crippen molar-refractivity contribution in [1.82, 2.24) is 0 Å². The van der Waals surface area contributed by atoms with Crippen molar-refractivity contribution in [3.05, 3.63) is 81.2 Å². The molecule has 0 aliphatic carbocycles. The third-order valence-corrected chi connectivity index (χ3v) is 7.90. The Hall–Kier alpha value is -3.51. The van der Waals surface area contributed by atoms with Crippen LogP contribution in [0.4, 0.5) is 5.69 Å². The number of nitrogens with zero attached hydrogens (tertiary/aromatic N) is 1. The molecular formula is C30H30NO6S+. The lowest BCUT2D eigenvalue weighted by Crippen LogP contribution is -2.28. The number of ether oxygens (including phenoxy) is 1. The van der Waals surface area contributed by atoms with Crippen molar-refractivity contribution in [2.45, 2.75) is 45.1 Å². The molecule has 3 heterocycles. The van der Waals surface area contributed by atoms with E-state index in [1.807, 2.05) is 36.4 Å². The zero-order valence-corrected chi connectivity index (χ0v) is 22.3. The maximum Gasteiger partial charge on any atom is 0.343 e. The number of benzene rings is 2. The van der Waals surface area contributed by atoms with Crippen LogP contribution in [0.2, 0.25) is 0 Å². The van der Waals surface area contributed by atoms with Crippen molar-refractivity contribution < 1.29 is 26.7 Å². The van der Waals surface area contributed by atoms with Crippen LogP contribution in [0.1, 0.15) is 55.4 Å². The van der Waals surface area contributed by atoms with Crippen molar-refractivity contribution in [2.24, 2.45) is 0 Å². The van der Waals surface area contributed by atoms with Gasteiger partial charge in [-0.05, 0) is 50.1 Å². The van der Waals surface area contributed by atoms with Gasteiger partial charge in [0.1, 0.15) is 12.1 Å². The van der Waals surface area contributed by atoms with Crippen LogP contribution in [0.3, 0.4) is 0 Å². The van der Waals surface area contributed by atoms with Crippen molar-refractivity contribution in [3.8, 4) is 11.8 Å². The Balaban J connectivity index is 1.51. The van der Waals surface area contributed by atoms with Crippen molar-refractivity contribution in [1.29, 1.82) is 0 Å². The summed E-state index contributed by atoms with van der Waals surface area (Å²) >= 11 is 0. The summed E-state index contributed by atoms with van der Waals surface area (Å²) < 4.78 is 44.9. The highest BCUT2D eigenvalue weighted by Crippen LogP contribution is 2.40. The van der Waals surface area contributed by atoms with Crippen LogP contribution in [0.5, 0.6) is 0 Å². The summed E-state index contributed by atoms with van der Waals surface area (Å²) in [5, 5.41) is 0.801. The van der Waals surface area contributed by atoms with Gasteiger partial charge in [-0.3, -0.25) is 4.55 Å². The standard InChI is InChI=1S/C30H29NO6S/c1-30(2)25-10-3-4-11-26(25)31(14-6-8-16-38(33,34)35)28(30)13-12-22-17-23-18-24-20-36-15-7-5-9-21(24)19-27(23)37-29(22)32/h3-4,10-13,17-19H,6-8,14-16,20H2,1-2H3/p+1. The highest BCUT2D eigenvalue weighted by atomic mass is 32.2. The Morgan fingerprint density at radius 2 is 1.95 bits per heavy atom. The molecule has 0 spiro atoms. The Kier molecular flexibility index (Phi) is 7.10. The molecule has 0 radical (unpaired) electrons. The van der Waals surface area contributed by atoms with Crippen molar-refractivity contribution in [2.75, 3.05) is 18.9 Å². The molecule has 5 rings (SSSR count). The van der Waals surface area contributed by atoms with E-state index in [0.717, 1.165) is 33.5 Å². The first-order chi connectivity index (χ1) is 18.1. The first kappa shape index (κ1) is 26.1. The molecule has 3 aromatic rings. The second kappa shape index (κ2) is 10.3. The quantitative estimate of drug-likeness (QED) is 0.154. The van der Waals surface area contributed by atoms with Crippen LogP contribution in [0.15, 0.2) is 57.8 Å². The molecule has 0 atom stereocenters.